The summed E-state index contributed by atoms with van der Waals surface area (Å²) in [5.41, 5.74) is 2.85. The Hall–Kier alpha value is -2.60. The van der Waals surface area contributed by atoms with Crippen LogP contribution in [0, 0.1) is 11.3 Å². The van der Waals surface area contributed by atoms with E-state index in [9.17, 15) is 5.26 Å². The predicted octanol–water partition coefficient (Wildman–Crippen LogP) is 5.10. The van der Waals surface area contributed by atoms with E-state index >= 15 is 0 Å². The lowest BCUT2D eigenvalue weighted by molar-refractivity contribution is 0.406. The fourth-order valence-electron chi connectivity index (χ4n) is 3.34. The Morgan fingerprint density at radius 2 is 1.76 bits per heavy atom. The third kappa shape index (κ3) is 4.93. The molecule has 1 fully saturated rings. The van der Waals surface area contributed by atoms with Crippen LogP contribution < -0.4 is 0 Å². The summed E-state index contributed by atoms with van der Waals surface area (Å²) < 4.78 is 0. The van der Waals surface area contributed by atoms with Crippen molar-refractivity contribution < 1.29 is 0 Å². The topological polar surface area (TPSA) is 39.4 Å². The molecule has 0 amide bonds. The molecule has 3 rings (SSSR count). The van der Waals surface area contributed by atoms with E-state index in [-0.39, 0.29) is 0 Å². The van der Waals surface area contributed by atoms with Crippen LogP contribution in [0.3, 0.4) is 0 Å². The van der Waals surface area contributed by atoms with Gasteiger partial charge in [-0.25, -0.2) is 4.99 Å². The van der Waals surface area contributed by atoms with Gasteiger partial charge in [0, 0.05) is 19.5 Å². The summed E-state index contributed by atoms with van der Waals surface area (Å²) in [5.74, 6) is 1.15. The zero-order valence-electron chi connectivity index (χ0n) is 14.7. The van der Waals surface area contributed by atoms with Crippen molar-refractivity contribution in [3.8, 4) is 6.07 Å². The van der Waals surface area contributed by atoms with Crippen molar-refractivity contribution in [2.24, 2.45) is 4.99 Å². The predicted molar refractivity (Wildman–Crippen MR) is 103 cm³/mol. The van der Waals surface area contributed by atoms with Gasteiger partial charge in [-0.15, -0.1) is 0 Å². The summed E-state index contributed by atoms with van der Waals surface area (Å²) in [6.45, 7) is 2.10. The molecule has 0 unspecified atom stereocenters. The highest BCUT2D eigenvalue weighted by molar-refractivity contribution is 5.85. The van der Waals surface area contributed by atoms with Crippen LogP contribution in [-0.4, -0.2) is 23.8 Å². The fourth-order valence-corrected chi connectivity index (χ4v) is 3.34. The first-order chi connectivity index (χ1) is 12.4. The fraction of sp³-hybridized carbons (Fsp3) is 0.364. The van der Waals surface area contributed by atoms with E-state index < -0.39 is 0 Å². The number of nitriles is 1. The SMILES string of the molecule is N#Cc1ccccc1/N=C1/CCCCCN1CCCc1ccccc1. The summed E-state index contributed by atoms with van der Waals surface area (Å²) in [7, 11) is 0. The van der Waals surface area contributed by atoms with E-state index in [0.29, 0.717) is 5.56 Å². The number of hydrogen-bond acceptors (Lipinski definition) is 2. The van der Waals surface area contributed by atoms with Gasteiger partial charge < -0.3 is 4.90 Å². The molecule has 3 nitrogen and oxygen atoms in total. The van der Waals surface area contributed by atoms with E-state index in [0.717, 1.165) is 43.9 Å². The molecule has 1 saturated heterocycles. The largest absolute Gasteiger partial charge is 0.360 e. The normalized spacial score (nSPS) is 16.4. The maximum atomic E-state index is 9.30. The zero-order valence-corrected chi connectivity index (χ0v) is 14.7. The first-order valence-electron chi connectivity index (χ1n) is 9.22. The standard InChI is InChI=1S/C22H25N3/c23-18-20-13-6-7-14-21(20)24-22-15-5-2-8-16-25(22)17-9-12-19-10-3-1-4-11-19/h1,3-4,6-7,10-11,13-14H,2,5,8-9,12,15-17H2/b24-22-. The van der Waals surface area contributed by atoms with Gasteiger partial charge in [0.25, 0.3) is 0 Å². The van der Waals surface area contributed by atoms with Crippen molar-refractivity contribution in [2.45, 2.75) is 38.5 Å². The highest BCUT2D eigenvalue weighted by Crippen LogP contribution is 2.22. The molecule has 0 N–H and O–H groups in total. The Morgan fingerprint density at radius 1 is 0.960 bits per heavy atom. The summed E-state index contributed by atoms with van der Waals surface area (Å²) in [4.78, 5) is 7.31. The molecular weight excluding hydrogens is 306 g/mol. The number of aryl methyl sites for hydroxylation is 1. The number of rotatable bonds is 5. The maximum Gasteiger partial charge on any atom is 0.105 e. The Morgan fingerprint density at radius 3 is 2.60 bits per heavy atom. The number of para-hydroxylation sites is 1. The Kier molecular flexibility index (Phi) is 6.23. The van der Waals surface area contributed by atoms with Gasteiger partial charge in [0.15, 0.2) is 0 Å². The minimum atomic E-state index is 0.656. The van der Waals surface area contributed by atoms with Crippen LogP contribution >= 0.6 is 0 Å². The van der Waals surface area contributed by atoms with Crippen molar-refractivity contribution >= 4 is 11.5 Å². The smallest absolute Gasteiger partial charge is 0.105 e. The second-order valence-electron chi connectivity index (χ2n) is 6.54. The van der Waals surface area contributed by atoms with Gasteiger partial charge in [-0.1, -0.05) is 48.9 Å². The second-order valence-corrected chi connectivity index (χ2v) is 6.54. The van der Waals surface area contributed by atoms with Crippen molar-refractivity contribution in [1.29, 1.82) is 5.26 Å². The number of likely N-dealkylation sites (tertiary alicyclic amines) is 1. The second kappa shape index (κ2) is 9.03. The molecule has 2 aromatic rings. The number of nitrogens with zero attached hydrogens (tertiary/aromatic N) is 3. The third-order valence-corrected chi connectivity index (χ3v) is 4.70. The van der Waals surface area contributed by atoms with Crippen LogP contribution in [0.25, 0.3) is 0 Å². The van der Waals surface area contributed by atoms with Crippen molar-refractivity contribution in [1.82, 2.24) is 4.90 Å². The van der Waals surface area contributed by atoms with Crippen LogP contribution in [0.2, 0.25) is 0 Å². The molecule has 0 atom stereocenters. The first-order valence-corrected chi connectivity index (χ1v) is 9.22. The molecule has 25 heavy (non-hydrogen) atoms. The summed E-state index contributed by atoms with van der Waals surface area (Å²) >= 11 is 0. The number of hydrogen-bond donors (Lipinski definition) is 0. The van der Waals surface area contributed by atoms with Gasteiger partial charge in [-0.3, -0.25) is 0 Å². The van der Waals surface area contributed by atoms with Crippen LogP contribution in [-0.2, 0) is 6.42 Å². The van der Waals surface area contributed by atoms with Crippen molar-refractivity contribution in [3.63, 3.8) is 0 Å². The molecule has 128 valence electrons. The van der Waals surface area contributed by atoms with Crippen molar-refractivity contribution in [3.05, 3.63) is 65.7 Å². The average Bonchev–Trinajstić information content (AvgIpc) is 2.88. The molecule has 0 bridgehead atoms. The molecule has 0 aromatic heterocycles. The van der Waals surface area contributed by atoms with E-state index in [1.165, 1.54) is 24.8 Å². The number of benzene rings is 2. The highest BCUT2D eigenvalue weighted by atomic mass is 15.2. The molecule has 1 heterocycles. The Balaban J connectivity index is 1.71. The van der Waals surface area contributed by atoms with Gasteiger partial charge in [0.05, 0.1) is 11.3 Å². The van der Waals surface area contributed by atoms with Crippen LogP contribution in [0.4, 0.5) is 5.69 Å². The minimum Gasteiger partial charge on any atom is -0.360 e. The molecule has 0 aliphatic carbocycles. The number of aliphatic imine (C=N–C) groups is 1. The van der Waals surface area contributed by atoms with E-state index in [4.69, 9.17) is 4.99 Å². The molecule has 3 heteroatoms. The molecule has 2 aromatic carbocycles. The molecule has 0 saturated carbocycles. The molecule has 0 radical (unpaired) electrons. The van der Waals surface area contributed by atoms with Crippen LogP contribution in [0.5, 0.6) is 0 Å². The van der Waals surface area contributed by atoms with Gasteiger partial charge in [-0.2, -0.15) is 5.26 Å². The Bertz CT molecular complexity index is 743. The lowest BCUT2D eigenvalue weighted by Gasteiger charge is -2.24. The monoisotopic (exact) mass is 331 g/mol. The molecule has 1 aliphatic rings. The lowest BCUT2D eigenvalue weighted by atomic mass is 10.1. The summed E-state index contributed by atoms with van der Waals surface area (Å²) in [6.07, 6.45) is 6.90. The number of amidine groups is 1. The van der Waals surface area contributed by atoms with Crippen LogP contribution in [0.1, 0.15) is 43.2 Å². The van der Waals surface area contributed by atoms with Gasteiger partial charge in [0.2, 0.25) is 0 Å². The average molecular weight is 331 g/mol. The quantitative estimate of drug-likeness (QED) is 0.765. The molecule has 0 spiro atoms. The van der Waals surface area contributed by atoms with E-state index in [1.54, 1.807) is 0 Å². The first kappa shape index (κ1) is 17.2. The summed E-state index contributed by atoms with van der Waals surface area (Å²) in [6, 6.07) is 20.6. The van der Waals surface area contributed by atoms with Gasteiger partial charge in [-0.05, 0) is 43.4 Å². The van der Waals surface area contributed by atoms with Crippen LogP contribution in [0.15, 0.2) is 59.6 Å². The lowest BCUT2D eigenvalue weighted by Crippen LogP contribution is -2.31. The summed E-state index contributed by atoms with van der Waals surface area (Å²) in [5, 5.41) is 9.30. The molecular formula is C22H25N3. The van der Waals surface area contributed by atoms with E-state index in [1.807, 2.05) is 24.3 Å². The Labute approximate surface area is 150 Å². The molecule has 1 aliphatic heterocycles. The zero-order chi connectivity index (χ0) is 17.3. The van der Waals surface area contributed by atoms with Crippen molar-refractivity contribution in [2.75, 3.05) is 13.1 Å². The highest BCUT2D eigenvalue weighted by Gasteiger charge is 2.15. The van der Waals surface area contributed by atoms with E-state index in [2.05, 4.69) is 41.3 Å². The van der Waals surface area contributed by atoms with Gasteiger partial charge >= 0.3 is 0 Å². The maximum absolute atomic E-state index is 9.30. The minimum absolute atomic E-state index is 0.656. The third-order valence-electron chi connectivity index (χ3n) is 4.70. The van der Waals surface area contributed by atoms with Gasteiger partial charge in [0.1, 0.15) is 11.9 Å².